The Bertz CT molecular complexity index is 823. The second-order valence-electron chi connectivity index (χ2n) is 5.42. The largest absolute Gasteiger partial charge is 0.346 e. The van der Waals surface area contributed by atoms with E-state index < -0.39 is 0 Å². The van der Waals surface area contributed by atoms with E-state index in [0.29, 0.717) is 0 Å². The lowest BCUT2D eigenvalue weighted by atomic mass is 10.0. The zero-order valence-corrected chi connectivity index (χ0v) is 12.1. The molecule has 0 spiro atoms. The van der Waals surface area contributed by atoms with Gasteiger partial charge in [0.1, 0.15) is 5.52 Å². The summed E-state index contributed by atoms with van der Waals surface area (Å²) in [4.78, 5) is 12.2. The van der Waals surface area contributed by atoms with Crippen LogP contribution >= 0.6 is 0 Å². The van der Waals surface area contributed by atoms with Crippen LogP contribution in [0.3, 0.4) is 0 Å². The Morgan fingerprint density at radius 2 is 1.70 bits per heavy atom. The second kappa shape index (κ2) is 4.67. The summed E-state index contributed by atoms with van der Waals surface area (Å²) in [5.41, 5.74) is 4.54. The van der Waals surface area contributed by atoms with Crippen LogP contribution in [0.5, 0.6) is 0 Å². The van der Waals surface area contributed by atoms with Gasteiger partial charge in [0.05, 0.1) is 0 Å². The van der Waals surface area contributed by atoms with E-state index in [2.05, 4.69) is 31.2 Å². The van der Waals surface area contributed by atoms with Crippen LogP contribution in [0.15, 0.2) is 47.5 Å². The molecule has 3 nitrogen and oxygen atoms in total. The van der Waals surface area contributed by atoms with E-state index in [4.69, 9.17) is 0 Å². The Kier molecular flexibility index (Phi) is 2.97. The van der Waals surface area contributed by atoms with Crippen molar-refractivity contribution >= 4 is 10.9 Å². The molecule has 3 heteroatoms. The summed E-state index contributed by atoms with van der Waals surface area (Å²) in [6.07, 6.45) is 4.74. The fourth-order valence-corrected chi connectivity index (χ4v) is 2.65. The van der Waals surface area contributed by atoms with Gasteiger partial charge in [0, 0.05) is 31.9 Å². The van der Waals surface area contributed by atoms with Crippen LogP contribution < -0.4 is 5.56 Å². The summed E-state index contributed by atoms with van der Waals surface area (Å²) in [7, 11) is 3.73. The third-order valence-electron chi connectivity index (χ3n) is 3.81. The van der Waals surface area contributed by atoms with Crippen molar-refractivity contribution in [2.45, 2.75) is 13.3 Å². The standard InChI is InChI=1S/C17H18N2O/c1-12-4-6-13(7-5-12)10-14-11-19(3)17(20)16-15(14)8-9-18(16)2/h4-9,11H,10H2,1-3H3. The highest BCUT2D eigenvalue weighted by Gasteiger charge is 2.10. The molecule has 0 saturated carbocycles. The molecule has 0 unspecified atom stereocenters. The van der Waals surface area contributed by atoms with Crippen molar-refractivity contribution in [1.29, 1.82) is 0 Å². The van der Waals surface area contributed by atoms with Gasteiger partial charge in [-0.05, 0) is 30.5 Å². The maximum atomic E-state index is 12.2. The first-order valence-electron chi connectivity index (χ1n) is 6.75. The van der Waals surface area contributed by atoms with E-state index in [1.54, 1.807) is 4.57 Å². The molecule has 2 aromatic heterocycles. The molecular weight excluding hydrogens is 248 g/mol. The van der Waals surface area contributed by atoms with Gasteiger partial charge in [-0.3, -0.25) is 4.79 Å². The van der Waals surface area contributed by atoms with Gasteiger partial charge in [0.2, 0.25) is 0 Å². The molecule has 3 rings (SSSR count). The molecule has 102 valence electrons. The molecule has 0 aliphatic heterocycles. The Morgan fingerprint density at radius 1 is 1.00 bits per heavy atom. The molecule has 0 radical (unpaired) electrons. The number of hydrogen-bond acceptors (Lipinski definition) is 1. The molecule has 20 heavy (non-hydrogen) atoms. The van der Waals surface area contributed by atoms with Gasteiger partial charge >= 0.3 is 0 Å². The number of aromatic nitrogens is 2. The fraction of sp³-hybridized carbons (Fsp3) is 0.235. The fourth-order valence-electron chi connectivity index (χ4n) is 2.65. The molecule has 0 aliphatic carbocycles. The summed E-state index contributed by atoms with van der Waals surface area (Å²) < 4.78 is 3.57. The second-order valence-corrected chi connectivity index (χ2v) is 5.42. The average Bonchev–Trinajstić information content (AvgIpc) is 2.81. The van der Waals surface area contributed by atoms with E-state index in [1.807, 2.05) is 37.1 Å². The van der Waals surface area contributed by atoms with Gasteiger partial charge in [0.25, 0.3) is 5.56 Å². The predicted octanol–water partition coefficient (Wildman–Crippen LogP) is 2.78. The number of nitrogens with zero attached hydrogens (tertiary/aromatic N) is 2. The molecule has 0 aliphatic rings. The lowest BCUT2D eigenvalue weighted by molar-refractivity contribution is 0.842. The molecule has 1 aromatic carbocycles. The summed E-state index contributed by atoms with van der Waals surface area (Å²) in [5, 5.41) is 1.05. The van der Waals surface area contributed by atoms with Gasteiger partial charge in [0.15, 0.2) is 0 Å². The minimum atomic E-state index is 0.0557. The van der Waals surface area contributed by atoms with E-state index in [-0.39, 0.29) is 5.56 Å². The Balaban J connectivity index is 2.14. The quantitative estimate of drug-likeness (QED) is 0.700. The summed E-state index contributed by atoms with van der Waals surface area (Å²) >= 11 is 0. The number of pyridine rings is 1. The minimum absolute atomic E-state index is 0.0557. The number of hydrogen-bond donors (Lipinski definition) is 0. The lowest BCUT2D eigenvalue weighted by Crippen LogP contribution is -2.19. The normalized spacial score (nSPS) is 11.2. The van der Waals surface area contributed by atoms with Crippen LogP contribution in [0.25, 0.3) is 10.9 Å². The monoisotopic (exact) mass is 266 g/mol. The number of aryl methyl sites for hydroxylation is 3. The van der Waals surface area contributed by atoms with Crippen molar-refractivity contribution in [3.8, 4) is 0 Å². The molecule has 0 fully saturated rings. The average molecular weight is 266 g/mol. The van der Waals surface area contributed by atoms with E-state index >= 15 is 0 Å². The first-order valence-corrected chi connectivity index (χ1v) is 6.75. The van der Waals surface area contributed by atoms with Crippen LogP contribution in [0, 0.1) is 6.92 Å². The molecule has 2 heterocycles. The topological polar surface area (TPSA) is 26.9 Å². The maximum absolute atomic E-state index is 12.2. The van der Waals surface area contributed by atoms with E-state index in [9.17, 15) is 4.79 Å². The highest BCUT2D eigenvalue weighted by Crippen LogP contribution is 2.19. The first-order chi connectivity index (χ1) is 9.56. The van der Waals surface area contributed by atoms with Crippen LogP contribution in [0.2, 0.25) is 0 Å². The molecule has 0 N–H and O–H groups in total. The Hall–Kier alpha value is -2.29. The van der Waals surface area contributed by atoms with Gasteiger partial charge in [-0.2, -0.15) is 0 Å². The van der Waals surface area contributed by atoms with Crippen molar-refractivity contribution in [2.75, 3.05) is 0 Å². The van der Waals surface area contributed by atoms with Gasteiger partial charge in [-0.15, -0.1) is 0 Å². The van der Waals surface area contributed by atoms with Crippen molar-refractivity contribution in [2.24, 2.45) is 14.1 Å². The van der Waals surface area contributed by atoms with Crippen LogP contribution in [-0.4, -0.2) is 9.13 Å². The molecule has 0 saturated heterocycles. The predicted molar refractivity (Wildman–Crippen MR) is 82.1 cm³/mol. The molecule has 0 bridgehead atoms. The van der Waals surface area contributed by atoms with Crippen LogP contribution in [-0.2, 0) is 20.5 Å². The molecular formula is C17H18N2O. The summed E-state index contributed by atoms with van der Waals surface area (Å²) in [5.74, 6) is 0. The molecule has 3 aromatic rings. The summed E-state index contributed by atoms with van der Waals surface area (Å²) in [6, 6.07) is 10.6. The Labute approximate surface area is 118 Å². The minimum Gasteiger partial charge on any atom is -0.346 e. The van der Waals surface area contributed by atoms with E-state index in [0.717, 1.165) is 17.3 Å². The third kappa shape index (κ3) is 2.05. The maximum Gasteiger partial charge on any atom is 0.274 e. The van der Waals surface area contributed by atoms with Gasteiger partial charge in [-0.1, -0.05) is 29.8 Å². The molecule has 0 atom stereocenters. The highest BCUT2D eigenvalue weighted by molar-refractivity contribution is 5.83. The van der Waals surface area contributed by atoms with Crippen molar-refractivity contribution in [3.05, 3.63) is 69.8 Å². The van der Waals surface area contributed by atoms with Crippen molar-refractivity contribution in [1.82, 2.24) is 9.13 Å². The van der Waals surface area contributed by atoms with Gasteiger partial charge < -0.3 is 9.13 Å². The molecule has 0 amide bonds. The lowest BCUT2D eigenvalue weighted by Gasteiger charge is -2.08. The van der Waals surface area contributed by atoms with Gasteiger partial charge in [-0.25, -0.2) is 0 Å². The van der Waals surface area contributed by atoms with E-state index in [1.165, 1.54) is 16.7 Å². The van der Waals surface area contributed by atoms with Crippen molar-refractivity contribution < 1.29 is 0 Å². The Morgan fingerprint density at radius 3 is 2.40 bits per heavy atom. The third-order valence-corrected chi connectivity index (χ3v) is 3.81. The highest BCUT2D eigenvalue weighted by atomic mass is 16.1. The first kappa shape index (κ1) is 12.7. The smallest absolute Gasteiger partial charge is 0.274 e. The SMILES string of the molecule is Cc1ccc(Cc2cn(C)c(=O)c3c2ccn3C)cc1. The van der Waals surface area contributed by atoms with Crippen molar-refractivity contribution in [3.63, 3.8) is 0 Å². The number of benzene rings is 1. The number of rotatable bonds is 2. The zero-order valence-electron chi connectivity index (χ0n) is 12.1. The van der Waals surface area contributed by atoms with Crippen LogP contribution in [0.4, 0.5) is 0 Å². The zero-order chi connectivity index (χ0) is 14.3. The summed E-state index contributed by atoms with van der Waals surface area (Å²) in [6.45, 7) is 2.09. The van der Waals surface area contributed by atoms with Crippen LogP contribution in [0.1, 0.15) is 16.7 Å². The number of fused-ring (bicyclic) bond motifs is 1.